The van der Waals surface area contributed by atoms with Crippen LogP contribution in [0.1, 0.15) is 5.56 Å². The van der Waals surface area contributed by atoms with Crippen LogP contribution in [0.3, 0.4) is 0 Å². The third kappa shape index (κ3) is 1.64. The Hall–Kier alpha value is -1.19. The van der Waals surface area contributed by atoms with E-state index in [-0.39, 0.29) is 12.0 Å². The molecule has 1 aromatic carbocycles. The molecule has 0 unspecified atom stereocenters. The van der Waals surface area contributed by atoms with E-state index in [1.54, 1.807) is 0 Å². The topological polar surface area (TPSA) is 29.4 Å². The van der Waals surface area contributed by atoms with Gasteiger partial charge in [-0.15, -0.1) is 4.91 Å². The van der Waals surface area contributed by atoms with Gasteiger partial charge in [-0.2, -0.15) is 0 Å². The van der Waals surface area contributed by atoms with E-state index in [9.17, 15) is 9.30 Å². The summed E-state index contributed by atoms with van der Waals surface area (Å²) in [6.07, 6.45) is 0.130. The van der Waals surface area contributed by atoms with Crippen molar-refractivity contribution in [3.8, 4) is 0 Å². The van der Waals surface area contributed by atoms with Crippen LogP contribution in [0.4, 0.5) is 10.1 Å². The summed E-state index contributed by atoms with van der Waals surface area (Å²) in [5.74, 6) is -0.482. The standard InChI is InChI=1S/C7H5BFNO/c8-4-5-1-2-6(10-11)3-7(5)9/h1-3H,4H2. The Morgan fingerprint density at radius 3 is 2.73 bits per heavy atom. The Balaban J connectivity index is 3.09. The summed E-state index contributed by atoms with van der Waals surface area (Å²) in [7, 11) is 5.19. The van der Waals surface area contributed by atoms with Gasteiger partial charge in [0, 0.05) is 6.07 Å². The molecule has 54 valence electrons. The number of nitroso groups, excluding NO2 is 1. The number of nitrogens with zero attached hydrogens (tertiary/aromatic N) is 1. The molecule has 0 heterocycles. The number of hydrogen-bond donors (Lipinski definition) is 0. The zero-order chi connectivity index (χ0) is 8.27. The molecule has 0 spiro atoms. The predicted octanol–water partition coefficient (Wildman–Crippen LogP) is 1.89. The Morgan fingerprint density at radius 1 is 1.55 bits per heavy atom. The Kier molecular flexibility index (Phi) is 2.36. The first kappa shape index (κ1) is 7.92. The second-order valence-corrected chi connectivity index (χ2v) is 2.07. The highest BCUT2D eigenvalue weighted by Crippen LogP contribution is 2.16. The molecule has 0 aromatic heterocycles. The summed E-state index contributed by atoms with van der Waals surface area (Å²) in [6.45, 7) is 0. The van der Waals surface area contributed by atoms with Gasteiger partial charge in [-0.05, 0) is 16.8 Å². The van der Waals surface area contributed by atoms with Crippen molar-refractivity contribution in [2.45, 2.75) is 6.32 Å². The van der Waals surface area contributed by atoms with Gasteiger partial charge < -0.3 is 0 Å². The molecule has 0 saturated heterocycles. The largest absolute Gasteiger partial charge is 0.207 e. The molecule has 0 fully saturated rings. The average Bonchev–Trinajstić information content (AvgIpc) is 2.04. The van der Waals surface area contributed by atoms with E-state index in [2.05, 4.69) is 5.18 Å². The maximum absolute atomic E-state index is 12.8. The third-order valence-corrected chi connectivity index (χ3v) is 1.36. The first-order chi connectivity index (χ1) is 5.27. The van der Waals surface area contributed by atoms with Crippen molar-refractivity contribution < 1.29 is 4.39 Å². The first-order valence-electron chi connectivity index (χ1n) is 3.09. The van der Waals surface area contributed by atoms with Gasteiger partial charge in [0.2, 0.25) is 0 Å². The summed E-state index contributed by atoms with van der Waals surface area (Å²) in [6, 6.07) is 3.94. The van der Waals surface area contributed by atoms with Crippen molar-refractivity contribution in [1.29, 1.82) is 0 Å². The average molecular weight is 149 g/mol. The van der Waals surface area contributed by atoms with Crippen LogP contribution in [0.5, 0.6) is 0 Å². The molecule has 1 aromatic rings. The fraction of sp³-hybridized carbons (Fsp3) is 0.143. The lowest BCUT2D eigenvalue weighted by Crippen LogP contribution is -1.88. The zero-order valence-electron chi connectivity index (χ0n) is 5.75. The highest BCUT2D eigenvalue weighted by Gasteiger charge is 2.00. The van der Waals surface area contributed by atoms with Crippen molar-refractivity contribution in [2.75, 3.05) is 0 Å². The Bertz CT molecular complexity index is 277. The predicted molar refractivity (Wildman–Crippen MR) is 41.3 cm³/mol. The fourth-order valence-electron chi connectivity index (χ4n) is 0.759. The van der Waals surface area contributed by atoms with E-state index in [0.717, 1.165) is 6.07 Å². The Morgan fingerprint density at radius 2 is 2.27 bits per heavy atom. The van der Waals surface area contributed by atoms with Crippen molar-refractivity contribution in [3.05, 3.63) is 34.5 Å². The smallest absolute Gasteiger partial charge is 0.127 e. The quantitative estimate of drug-likeness (QED) is 0.466. The fourth-order valence-corrected chi connectivity index (χ4v) is 0.759. The molecule has 0 saturated carbocycles. The van der Waals surface area contributed by atoms with Gasteiger partial charge >= 0.3 is 0 Å². The molecule has 2 nitrogen and oxygen atoms in total. The molecule has 0 bridgehead atoms. The van der Waals surface area contributed by atoms with Crippen LogP contribution in [0, 0.1) is 10.7 Å². The highest BCUT2D eigenvalue weighted by atomic mass is 19.1. The van der Waals surface area contributed by atoms with Crippen LogP contribution in [0.2, 0.25) is 0 Å². The third-order valence-electron chi connectivity index (χ3n) is 1.36. The number of hydrogen-bond acceptors (Lipinski definition) is 2. The molecule has 4 heteroatoms. The minimum atomic E-state index is -0.482. The second kappa shape index (κ2) is 3.28. The molecule has 0 aliphatic rings. The summed E-state index contributed by atoms with van der Waals surface area (Å²) in [5.41, 5.74) is 0.470. The molecule has 1 rings (SSSR count). The molecule has 0 aliphatic carbocycles. The summed E-state index contributed by atoms with van der Waals surface area (Å²) in [4.78, 5) is 9.91. The van der Waals surface area contributed by atoms with E-state index < -0.39 is 5.82 Å². The summed E-state index contributed by atoms with van der Waals surface area (Å²) in [5, 5.41) is 2.58. The lowest BCUT2D eigenvalue weighted by atomic mass is 9.96. The van der Waals surface area contributed by atoms with Gasteiger partial charge in [0.15, 0.2) is 0 Å². The summed E-state index contributed by atoms with van der Waals surface area (Å²) >= 11 is 0. The highest BCUT2D eigenvalue weighted by molar-refractivity contribution is 6.08. The second-order valence-electron chi connectivity index (χ2n) is 2.07. The monoisotopic (exact) mass is 149 g/mol. The van der Waals surface area contributed by atoms with Crippen LogP contribution in [-0.4, -0.2) is 7.85 Å². The van der Waals surface area contributed by atoms with Crippen LogP contribution in [-0.2, 0) is 6.32 Å². The number of benzene rings is 1. The van der Waals surface area contributed by atoms with Gasteiger partial charge in [0.05, 0.1) is 7.85 Å². The van der Waals surface area contributed by atoms with Gasteiger partial charge in [0.25, 0.3) is 0 Å². The number of halogens is 1. The Labute approximate surface area is 64.8 Å². The first-order valence-corrected chi connectivity index (χ1v) is 3.09. The van der Waals surface area contributed by atoms with Crippen molar-refractivity contribution in [3.63, 3.8) is 0 Å². The van der Waals surface area contributed by atoms with E-state index >= 15 is 0 Å². The number of rotatable bonds is 2. The van der Waals surface area contributed by atoms with E-state index in [1.165, 1.54) is 12.1 Å². The molecule has 0 atom stereocenters. The van der Waals surface area contributed by atoms with Gasteiger partial charge in [0.1, 0.15) is 11.5 Å². The van der Waals surface area contributed by atoms with Gasteiger partial charge in [-0.25, -0.2) is 4.39 Å². The van der Waals surface area contributed by atoms with Gasteiger partial charge in [-0.3, -0.25) is 0 Å². The van der Waals surface area contributed by atoms with Crippen molar-refractivity contribution >= 4 is 13.5 Å². The summed E-state index contributed by atoms with van der Waals surface area (Å²) < 4.78 is 12.8. The molecule has 0 aliphatic heterocycles. The van der Waals surface area contributed by atoms with Crippen LogP contribution < -0.4 is 0 Å². The molecular formula is C7H5BFNO. The zero-order valence-corrected chi connectivity index (χ0v) is 5.75. The minimum absolute atomic E-state index is 0.0831. The van der Waals surface area contributed by atoms with Crippen molar-refractivity contribution in [2.24, 2.45) is 5.18 Å². The molecule has 11 heavy (non-hydrogen) atoms. The van der Waals surface area contributed by atoms with Crippen LogP contribution in [0.25, 0.3) is 0 Å². The van der Waals surface area contributed by atoms with E-state index in [0.29, 0.717) is 5.56 Å². The van der Waals surface area contributed by atoms with E-state index in [1.807, 2.05) is 0 Å². The SMILES string of the molecule is [B]Cc1ccc(N=O)cc1F. The molecular weight excluding hydrogens is 144 g/mol. The molecule has 0 N–H and O–H groups in total. The minimum Gasteiger partial charge on any atom is -0.207 e. The lowest BCUT2D eigenvalue weighted by Gasteiger charge is -1.97. The normalized spacial score (nSPS) is 9.55. The van der Waals surface area contributed by atoms with Crippen LogP contribution >= 0.6 is 0 Å². The lowest BCUT2D eigenvalue weighted by molar-refractivity contribution is 0.617. The maximum atomic E-state index is 12.8. The molecule has 2 radical (unpaired) electrons. The van der Waals surface area contributed by atoms with Crippen LogP contribution in [0.15, 0.2) is 23.4 Å². The van der Waals surface area contributed by atoms with E-state index in [4.69, 9.17) is 7.85 Å². The maximum Gasteiger partial charge on any atom is 0.127 e. The van der Waals surface area contributed by atoms with Gasteiger partial charge in [-0.1, -0.05) is 12.4 Å². The molecule has 0 amide bonds. The van der Waals surface area contributed by atoms with Crippen molar-refractivity contribution in [1.82, 2.24) is 0 Å².